The van der Waals surface area contributed by atoms with Crippen LogP contribution < -0.4 is 0 Å². The van der Waals surface area contributed by atoms with Crippen molar-refractivity contribution >= 4 is 55.9 Å². The summed E-state index contributed by atoms with van der Waals surface area (Å²) in [5, 5.41) is 0.549. The van der Waals surface area contributed by atoms with E-state index in [1.807, 2.05) is 24.3 Å². The van der Waals surface area contributed by atoms with Crippen LogP contribution in [-0.4, -0.2) is 5.78 Å². The zero-order valence-corrected chi connectivity index (χ0v) is 13.1. The topological polar surface area (TPSA) is 17.1 Å². The lowest BCUT2D eigenvalue weighted by molar-refractivity contribution is 0.103. The van der Waals surface area contributed by atoms with Crippen molar-refractivity contribution in [2.45, 2.75) is 0 Å². The number of benzene rings is 2. The first kappa shape index (κ1) is 13.1. The van der Waals surface area contributed by atoms with E-state index in [4.69, 9.17) is 11.6 Å². The van der Waals surface area contributed by atoms with Crippen molar-refractivity contribution in [3.05, 3.63) is 66.7 Å². The summed E-state index contributed by atoms with van der Waals surface area (Å²) in [4.78, 5) is 12.2. The quantitative estimate of drug-likeness (QED) is 0.496. The maximum absolute atomic E-state index is 12.2. The van der Waals surface area contributed by atoms with Crippen LogP contribution in [0, 0.1) is 3.57 Å². The van der Waals surface area contributed by atoms with Gasteiger partial charge >= 0.3 is 0 Å². The Hall–Kier alpha value is -0.390. The van der Waals surface area contributed by atoms with E-state index in [2.05, 4.69) is 38.5 Å². The van der Waals surface area contributed by atoms with Gasteiger partial charge in [0.1, 0.15) is 0 Å². The van der Waals surface area contributed by atoms with Gasteiger partial charge < -0.3 is 0 Å². The van der Waals surface area contributed by atoms with Crippen LogP contribution >= 0.6 is 50.1 Å². The lowest BCUT2D eigenvalue weighted by Crippen LogP contribution is -2.01. The van der Waals surface area contributed by atoms with E-state index in [1.54, 1.807) is 18.2 Å². The molecule has 86 valence electrons. The van der Waals surface area contributed by atoms with Crippen molar-refractivity contribution in [2.24, 2.45) is 0 Å². The van der Waals surface area contributed by atoms with Crippen molar-refractivity contribution in [3.63, 3.8) is 0 Å². The highest BCUT2D eigenvalue weighted by atomic mass is 127. The first-order chi connectivity index (χ1) is 8.06. The number of carbonyl (C=O) groups excluding carboxylic acids is 1. The number of hydrogen-bond donors (Lipinski definition) is 0. The second-order valence-electron chi connectivity index (χ2n) is 3.49. The molecule has 0 aromatic heterocycles. The standard InChI is InChI=1S/C13H7BrClIO/c14-10-5-9(6-11(15)7-10)13(17)8-1-3-12(16)4-2-8/h1-7H. The van der Waals surface area contributed by atoms with Gasteiger partial charge in [0, 0.05) is 24.2 Å². The molecule has 0 aliphatic carbocycles. The monoisotopic (exact) mass is 420 g/mol. The number of rotatable bonds is 2. The minimum atomic E-state index is -0.0235. The smallest absolute Gasteiger partial charge is 0.193 e. The summed E-state index contributed by atoms with van der Waals surface area (Å²) in [6, 6.07) is 12.7. The van der Waals surface area contributed by atoms with Crippen molar-refractivity contribution in [3.8, 4) is 0 Å². The molecule has 0 spiro atoms. The van der Waals surface area contributed by atoms with Crippen molar-refractivity contribution in [2.75, 3.05) is 0 Å². The van der Waals surface area contributed by atoms with E-state index in [9.17, 15) is 4.79 Å². The van der Waals surface area contributed by atoms with Gasteiger partial charge in [0.05, 0.1) is 0 Å². The van der Waals surface area contributed by atoms with Crippen molar-refractivity contribution in [1.82, 2.24) is 0 Å². The first-order valence-corrected chi connectivity index (χ1v) is 7.07. The Morgan fingerprint density at radius 3 is 2.29 bits per heavy atom. The zero-order chi connectivity index (χ0) is 12.4. The third-order valence-corrected chi connectivity index (χ3v) is 3.63. The SMILES string of the molecule is O=C(c1ccc(I)cc1)c1cc(Cl)cc(Br)c1. The molecular formula is C13H7BrClIO. The Morgan fingerprint density at radius 1 is 1.06 bits per heavy atom. The van der Waals surface area contributed by atoms with Crippen LogP contribution in [0.1, 0.15) is 15.9 Å². The second kappa shape index (κ2) is 5.50. The normalized spacial score (nSPS) is 10.3. The summed E-state index contributed by atoms with van der Waals surface area (Å²) in [5.74, 6) is -0.0235. The highest BCUT2D eigenvalue weighted by Crippen LogP contribution is 2.22. The van der Waals surface area contributed by atoms with Gasteiger partial charge in [0.15, 0.2) is 5.78 Å². The molecule has 1 nitrogen and oxygen atoms in total. The molecule has 2 aromatic rings. The largest absolute Gasteiger partial charge is 0.289 e. The lowest BCUT2D eigenvalue weighted by atomic mass is 10.0. The number of halogens is 3. The Bertz CT molecular complexity index is 546. The molecule has 0 fully saturated rings. The van der Waals surface area contributed by atoms with E-state index >= 15 is 0 Å². The molecule has 0 saturated heterocycles. The molecule has 0 bridgehead atoms. The van der Waals surface area contributed by atoms with Crippen LogP contribution in [-0.2, 0) is 0 Å². The average Bonchev–Trinajstić information content (AvgIpc) is 2.28. The number of hydrogen-bond acceptors (Lipinski definition) is 1. The molecule has 17 heavy (non-hydrogen) atoms. The lowest BCUT2D eigenvalue weighted by Gasteiger charge is -2.03. The highest BCUT2D eigenvalue weighted by molar-refractivity contribution is 14.1. The Kier molecular flexibility index (Phi) is 4.22. The minimum absolute atomic E-state index is 0.0235. The van der Waals surface area contributed by atoms with Gasteiger partial charge in [-0.3, -0.25) is 4.79 Å². The van der Waals surface area contributed by atoms with Gasteiger partial charge in [-0.25, -0.2) is 0 Å². The molecule has 0 unspecified atom stereocenters. The van der Waals surface area contributed by atoms with Crippen molar-refractivity contribution < 1.29 is 4.79 Å². The highest BCUT2D eigenvalue weighted by Gasteiger charge is 2.10. The molecular weight excluding hydrogens is 414 g/mol. The molecule has 0 saturated carbocycles. The summed E-state index contributed by atoms with van der Waals surface area (Å²) >= 11 is 11.5. The van der Waals surface area contributed by atoms with E-state index < -0.39 is 0 Å². The summed E-state index contributed by atoms with van der Waals surface area (Å²) in [6.07, 6.45) is 0. The fraction of sp³-hybridized carbons (Fsp3) is 0. The van der Waals surface area contributed by atoms with Crippen LogP contribution in [0.5, 0.6) is 0 Å². The second-order valence-corrected chi connectivity index (χ2v) is 6.09. The Morgan fingerprint density at radius 2 is 1.71 bits per heavy atom. The minimum Gasteiger partial charge on any atom is -0.289 e. The Labute approximate surface area is 126 Å². The molecule has 0 aliphatic rings. The molecule has 0 heterocycles. The van der Waals surface area contributed by atoms with Crippen LogP contribution in [0.25, 0.3) is 0 Å². The summed E-state index contributed by atoms with van der Waals surface area (Å²) < 4.78 is 1.91. The van der Waals surface area contributed by atoms with Gasteiger partial charge in [0.2, 0.25) is 0 Å². The van der Waals surface area contributed by atoms with E-state index in [0.29, 0.717) is 16.1 Å². The van der Waals surface area contributed by atoms with Gasteiger partial charge in [-0.2, -0.15) is 0 Å². The predicted molar refractivity (Wildman–Crippen MR) is 81.7 cm³/mol. The van der Waals surface area contributed by atoms with Gasteiger partial charge in [0.25, 0.3) is 0 Å². The molecule has 2 aromatic carbocycles. The van der Waals surface area contributed by atoms with E-state index in [1.165, 1.54) is 0 Å². The predicted octanol–water partition coefficient (Wildman–Crippen LogP) is 4.94. The molecule has 0 amide bonds. The summed E-state index contributed by atoms with van der Waals surface area (Å²) in [5.41, 5.74) is 1.25. The maximum Gasteiger partial charge on any atom is 0.193 e. The third-order valence-electron chi connectivity index (χ3n) is 2.23. The van der Waals surface area contributed by atoms with Gasteiger partial charge in [-0.05, 0) is 65.1 Å². The summed E-state index contributed by atoms with van der Waals surface area (Å²) in [7, 11) is 0. The van der Waals surface area contributed by atoms with Gasteiger partial charge in [-0.1, -0.05) is 27.5 Å². The first-order valence-electron chi connectivity index (χ1n) is 4.82. The Balaban J connectivity index is 2.40. The third kappa shape index (κ3) is 3.30. The van der Waals surface area contributed by atoms with E-state index in [0.717, 1.165) is 8.04 Å². The zero-order valence-electron chi connectivity index (χ0n) is 8.58. The molecule has 0 radical (unpaired) electrons. The molecule has 0 atom stereocenters. The maximum atomic E-state index is 12.2. The fourth-order valence-corrected chi connectivity index (χ4v) is 2.67. The van der Waals surface area contributed by atoms with E-state index in [-0.39, 0.29) is 5.78 Å². The van der Waals surface area contributed by atoms with Gasteiger partial charge in [-0.15, -0.1) is 0 Å². The molecule has 0 aliphatic heterocycles. The van der Waals surface area contributed by atoms with Crippen LogP contribution in [0.15, 0.2) is 46.9 Å². The molecule has 4 heteroatoms. The molecule has 2 rings (SSSR count). The molecule has 0 N–H and O–H groups in total. The average molecular weight is 421 g/mol. The van der Waals surface area contributed by atoms with Crippen molar-refractivity contribution in [1.29, 1.82) is 0 Å². The summed E-state index contributed by atoms with van der Waals surface area (Å²) in [6.45, 7) is 0. The fourth-order valence-electron chi connectivity index (χ4n) is 1.45. The number of ketones is 1. The number of carbonyl (C=O) groups is 1. The van der Waals surface area contributed by atoms with Crippen LogP contribution in [0.4, 0.5) is 0 Å². The van der Waals surface area contributed by atoms with Crippen LogP contribution in [0.2, 0.25) is 5.02 Å². The van der Waals surface area contributed by atoms with Crippen LogP contribution in [0.3, 0.4) is 0 Å².